The van der Waals surface area contributed by atoms with Crippen LogP contribution in [0.25, 0.3) is 0 Å². The second kappa shape index (κ2) is 6.02. The average Bonchev–Trinajstić information content (AvgIpc) is 3.04. The molecule has 0 aliphatic carbocycles. The molecule has 3 atom stereocenters. The third kappa shape index (κ3) is 2.58. The summed E-state index contributed by atoms with van der Waals surface area (Å²) in [5.74, 6) is 0.650. The number of nitrogens with zero attached hydrogens (tertiary/aromatic N) is 6. The van der Waals surface area contributed by atoms with Crippen molar-refractivity contribution >= 4 is 24.0 Å². The minimum absolute atomic E-state index is 0.0685. The Labute approximate surface area is 145 Å². The van der Waals surface area contributed by atoms with Crippen molar-refractivity contribution in [2.45, 2.75) is 61.7 Å². The predicted molar refractivity (Wildman–Crippen MR) is 91.5 cm³/mol. The highest BCUT2D eigenvalue weighted by Gasteiger charge is 2.63. The zero-order chi connectivity index (χ0) is 16.7. The summed E-state index contributed by atoms with van der Waals surface area (Å²) in [6.07, 6.45) is 6.91. The smallest absolute Gasteiger partial charge is 0.252 e. The van der Waals surface area contributed by atoms with Crippen molar-refractivity contribution in [1.82, 2.24) is 30.4 Å². The third-order valence-corrected chi connectivity index (χ3v) is 6.61. The molecule has 0 aromatic carbocycles. The highest BCUT2D eigenvalue weighted by atomic mass is 32.2. The van der Waals surface area contributed by atoms with Crippen molar-refractivity contribution < 1.29 is 4.79 Å². The summed E-state index contributed by atoms with van der Waals surface area (Å²) in [4.78, 5) is 21.4. The van der Waals surface area contributed by atoms with Gasteiger partial charge in [-0.05, 0) is 26.7 Å². The molecule has 0 spiro atoms. The number of nitrogens with one attached hydrogen (secondary N) is 1. The molecule has 1 amide bonds. The van der Waals surface area contributed by atoms with Crippen molar-refractivity contribution in [3.05, 3.63) is 5.82 Å². The molecular weight excluding hydrogens is 326 g/mol. The molecule has 0 bridgehead atoms. The standard InChI is InChI=1S/C15H23N7OS/c1-15(2)11(12-17-19-20-18-12)22-13(23)10(14(22)24-15)16-9-21-7-5-3-4-6-8-21/h9-11,14H,3-8H2,1-2H3,(H,17,18,19,20)/t10?,11?,14-/m0/s1. The van der Waals surface area contributed by atoms with E-state index in [1.165, 1.54) is 25.7 Å². The quantitative estimate of drug-likeness (QED) is 0.501. The van der Waals surface area contributed by atoms with Crippen LogP contribution in [0.5, 0.6) is 0 Å². The lowest BCUT2D eigenvalue weighted by molar-refractivity contribution is -0.147. The van der Waals surface area contributed by atoms with Crippen LogP contribution in [0.4, 0.5) is 0 Å². The van der Waals surface area contributed by atoms with Gasteiger partial charge in [0.1, 0.15) is 11.4 Å². The van der Waals surface area contributed by atoms with E-state index >= 15 is 0 Å². The van der Waals surface area contributed by atoms with E-state index in [0.29, 0.717) is 5.82 Å². The summed E-state index contributed by atoms with van der Waals surface area (Å²) in [7, 11) is 0. The fourth-order valence-corrected chi connectivity index (χ4v) is 5.44. The molecule has 9 heteroatoms. The lowest BCUT2D eigenvalue weighted by atomic mass is 9.96. The molecule has 3 aliphatic rings. The van der Waals surface area contributed by atoms with E-state index < -0.39 is 0 Å². The third-order valence-electron chi connectivity index (χ3n) is 5.05. The van der Waals surface area contributed by atoms with Gasteiger partial charge in [-0.2, -0.15) is 5.21 Å². The zero-order valence-electron chi connectivity index (χ0n) is 14.1. The van der Waals surface area contributed by atoms with Gasteiger partial charge in [-0.3, -0.25) is 9.79 Å². The van der Waals surface area contributed by atoms with Gasteiger partial charge < -0.3 is 9.80 Å². The molecule has 24 heavy (non-hydrogen) atoms. The number of hydrogen-bond acceptors (Lipinski definition) is 6. The first-order chi connectivity index (χ1) is 11.6. The molecule has 4 rings (SSSR count). The maximum atomic E-state index is 12.7. The number of likely N-dealkylation sites (tertiary alicyclic amines) is 1. The molecule has 4 heterocycles. The molecular formula is C15H23N7OS. The molecule has 0 saturated carbocycles. The summed E-state index contributed by atoms with van der Waals surface area (Å²) in [5.41, 5.74) is 0. The molecule has 1 N–H and O–H groups in total. The van der Waals surface area contributed by atoms with Gasteiger partial charge in [0.15, 0.2) is 11.9 Å². The highest BCUT2D eigenvalue weighted by molar-refractivity contribution is 8.01. The fourth-order valence-electron chi connectivity index (χ4n) is 3.81. The van der Waals surface area contributed by atoms with Crippen LogP contribution in [0.15, 0.2) is 4.99 Å². The maximum Gasteiger partial charge on any atom is 0.252 e. The Morgan fingerprint density at radius 3 is 2.71 bits per heavy atom. The van der Waals surface area contributed by atoms with E-state index in [9.17, 15) is 4.79 Å². The van der Waals surface area contributed by atoms with E-state index in [0.717, 1.165) is 13.1 Å². The molecule has 0 radical (unpaired) electrons. The van der Waals surface area contributed by atoms with Crippen molar-refractivity contribution in [2.75, 3.05) is 13.1 Å². The van der Waals surface area contributed by atoms with E-state index in [2.05, 4.69) is 44.4 Å². The normalized spacial score (nSPS) is 32.8. The number of carbonyl (C=O) groups excluding carboxylic acids is 1. The number of thioether (sulfide) groups is 1. The van der Waals surface area contributed by atoms with Crippen LogP contribution in [0, 0.1) is 0 Å². The van der Waals surface area contributed by atoms with Crippen LogP contribution in [0.1, 0.15) is 51.4 Å². The molecule has 1 aromatic heterocycles. The predicted octanol–water partition coefficient (Wildman–Crippen LogP) is 1.21. The maximum absolute atomic E-state index is 12.7. The minimum Gasteiger partial charge on any atom is -0.363 e. The van der Waals surface area contributed by atoms with Crippen LogP contribution in [0.3, 0.4) is 0 Å². The Morgan fingerprint density at radius 1 is 1.29 bits per heavy atom. The van der Waals surface area contributed by atoms with Crippen LogP contribution < -0.4 is 0 Å². The number of hydrogen-bond donors (Lipinski definition) is 1. The number of aromatic amines is 1. The topological polar surface area (TPSA) is 90.4 Å². The Hall–Kier alpha value is -1.64. The summed E-state index contributed by atoms with van der Waals surface area (Å²) >= 11 is 1.78. The highest BCUT2D eigenvalue weighted by Crippen LogP contribution is 2.57. The van der Waals surface area contributed by atoms with Gasteiger partial charge >= 0.3 is 0 Å². The Kier molecular flexibility index (Phi) is 3.98. The number of aliphatic imine (C=N–C) groups is 1. The number of fused-ring (bicyclic) bond motifs is 1. The summed E-state index contributed by atoms with van der Waals surface area (Å²) in [6.45, 7) is 6.34. The first kappa shape index (κ1) is 15.9. The zero-order valence-corrected chi connectivity index (χ0v) is 14.9. The van der Waals surface area contributed by atoms with Crippen LogP contribution in [0.2, 0.25) is 0 Å². The van der Waals surface area contributed by atoms with Gasteiger partial charge in [0.05, 0.1) is 6.34 Å². The van der Waals surface area contributed by atoms with Gasteiger partial charge in [0.2, 0.25) is 0 Å². The largest absolute Gasteiger partial charge is 0.363 e. The Morgan fingerprint density at radius 2 is 2.04 bits per heavy atom. The van der Waals surface area contributed by atoms with E-state index in [4.69, 9.17) is 0 Å². The number of β-lactam (4-membered cyclic amide) rings is 1. The van der Waals surface area contributed by atoms with Gasteiger partial charge in [0.25, 0.3) is 5.91 Å². The number of aromatic nitrogens is 4. The molecule has 3 fully saturated rings. The monoisotopic (exact) mass is 349 g/mol. The lowest BCUT2D eigenvalue weighted by Crippen LogP contribution is -2.60. The van der Waals surface area contributed by atoms with E-state index in [-0.39, 0.29) is 28.1 Å². The van der Waals surface area contributed by atoms with Gasteiger partial charge in [-0.15, -0.1) is 22.0 Å². The SMILES string of the molecule is CC1(C)S[C@H]2C(N=CN3CCCCCC3)C(=O)N2C1c1nn[nH]n1. The van der Waals surface area contributed by atoms with E-state index in [1.807, 2.05) is 11.2 Å². The van der Waals surface area contributed by atoms with Gasteiger partial charge in [-0.25, -0.2) is 0 Å². The first-order valence-electron chi connectivity index (χ1n) is 8.58. The molecule has 3 aliphatic heterocycles. The second-order valence-corrected chi connectivity index (χ2v) is 8.96. The summed E-state index contributed by atoms with van der Waals surface area (Å²) in [5, 5.41) is 14.4. The number of amides is 1. The van der Waals surface area contributed by atoms with E-state index in [1.54, 1.807) is 11.8 Å². The van der Waals surface area contributed by atoms with Crippen LogP contribution >= 0.6 is 11.8 Å². The number of H-pyrrole nitrogens is 1. The van der Waals surface area contributed by atoms with Gasteiger partial charge in [-0.1, -0.05) is 18.1 Å². The van der Waals surface area contributed by atoms with Crippen LogP contribution in [-0.4, -0.2) is 71.9 Å². The molecule has 1 aromatic rings. The van der Waals surface area contributed by atoms with Crippen LogP contribution in [-0.2, 0) is 4.79 Å². The lowest BCUT2D eigenvalue weighted by Gasteiger charge is -2.42. The van der Waals surface area contributed by atoms with Crippen molar-refractivity contribution in [1.29, 1.82) is 0 Å². The molecule has 8 nitrogen and oxygen atoms in total. The molecule has 130 valence electrons. The van der Waals surface area contributed by atoms with Crippen molar-refractivity contribution in [3.63, 3.8) is 0 Å². The second-order valence-electron chi connectivity index (χ2n) is 7.19. The number of tetrazole rings is 1. The van der Waals surface area contributed by atoms with Crippen molar-refractivity contribution in [2.24, 2.45) is 4.99 Å². The Bertz CT molecular complexity index is 624. The van der Waals surface area contributed by atoms with Crippen molar-refractivity contribution in [3.8, 4) is 0 Å². The van der Waals surface area contributed by atoms with Gasteiger partial charge in [0, 0.05) is 17.8 Å². The number of rotatable bonds is 3. The fraction of sp³-hybridized carbons (Fsp3) is 0.800. The summed E-state index contributed by atoms with van der Waals surface area (Å²) < 4.78 is -0.156. The molecule has 3 saturated heterocycles. The minimum atomic E-state index is -0.283. The Balaban J connectivity index is 1.48. The first-order valence-corrected chi connectivity index (χ1v) is 9.46. The summed E-state index contributed by atoms with van der Waals surface area (Å²) in [6, 6.07) is -0.433. The number of carbonyl (C=O) groups is 1. The average molecular weight is 349 g/mol. The molecule has 2 unspecified atom stereocenters.